The van der Waals surface area contributed by atoms with E-state index in [1.54, 1.807) is 11.3 Å². The fraction of sp³-hybridized carbons (Fsp3) is 0.750. The molecule has 0 aromatic carbocycles. The van der Waals surface area contributed by atoms with Crippen LogP contribution in [0.4, 0.5) is 0 Å². The van der Waals surface area contributed by atoms with Crippen molar-refractivity contribution in [1.29, 1.82) is 0 Å². The van der Waals surface area contributed by atoms with Crippen molar-refractivity contribution in [2.24, 2.45) is 0 Å². The first-order valence-electron chi connectivity index (χ1n) is 6.06. The molecule has 5 heteroatoms. The maximum Gasteiger partial charge on any atom is 0.0961 e. The van der Waals surface area contributed by atoms with E-state index in [9.17, 15) is 5.11 Å². The molecule has 0 radical (unpaired) electrons. The molecule has 94 valence electrons. The molecule has 0 spiro atoms. The number of aromatic nitrogens is 1. The largest absolute Gasteiger partial charge is 0.395 e. The van der Waals surface area contributed by atoms with Crippen molar-refractivity contribution < 1.29 is 14.6 Å². The topological polar surface area (TPSA) is 51.6 Å². The first-order valence-corrected chi connectivity index (χ1v) is 6.94. The van der Waals surface area contributed by atoms with Gasteiger partial charge in [-0.15, -0.1) is 11.3 Å². The molecule has 2 fully saturated rings. The van der Waals surface area contributed by atoms with Gasteiger partial charge in [0.2, 0.25) is 0 Å². The summed E-state index contributed by atoms with van der Waals surface area (Å²) in [6.07, 6.45) is 2.13. The Hall–Kier alpha value is -0.490. The van der Waals surface area contributed by atoms with Crippen LogP contribution < -0.4 is 0 Å². The zero-order valence-corrected chi connectivity index (χ0v) is 10.5. The summed E-state index contributed by atoms with van der Waals surface area (Å²) in [4.78, 5) is 4.72. The summed E-state index contributed by atoms with van der Waals surface area (Å²) >= 11 is 1.71. The van der Waals surface area contributed by atoms with Crippen molar-refractivity contribution in [3.8, 4) is 0 Å². The number of aliphatic hydroxyl groups excluding tert-OH is 1. The molecular formula is C12H17NO3S. The van der Waals surface area contributed by atoms with Gasteiger partial charge < -0.3 is 14.6 Å². The summed E-state index contributed by atoms with van der Waals surface area (Å²) in [6, 6.07) is 0. The lowest BCUT2D eigenvalue weighted by Crippen LogP contribution is -2.50. The molecule has 2 aliphatic rings. The predicted octanol–water partition coefficient (Wildman–Crippen LogP) is 1.30. The number of rotatable bonds is 3. The van der Waals surface area contributed by atoms with Gasteiger partial charge in [0.05, 0.1) is 35.9 Å². The highest BCUT2D eigenvalue weighted by atomic mass is 32.1. The van der Waals surface area contributed by atoms with Gasteiger partial charge in [0.25, 0.3) is 0 Å². The molecule has 0 aliphatic carbocycles. The van der Waals surface area contributed by atoms with E-state index in [2.05, 4.69) is 5.38 Å². The normalized spacial score (nSPS) is 24.5. The maximum absolute atomic E-state index is 9.47. The van der Waals surface area contributed by atoms with Crippen molar-refractivity contribution in [3.63, 3.8) is 0 Å². The summed E-state index contributed by atoms with van der Waals surface area (Å²) in [5, 5.41) is 12.8. The third kappa shape index (κ3) is 2.01. The van der Waals surface area contributed by atoms with Crippen molar-refractivity contribution in [1.82, 2.24) is 4.98 Å². The lowest BCUT2D eigenvalue weighted by Gasteiger charge is -2.38. The van der Waals surface area contributed by atoms with E-state index in [1.807, 2.05) is 0 Å². The van der Waals surface area contributed by atoms with Gasteiger partial charge in [-0.05, 0) is 12.8 Å². The molecule has 2 saturated heterocycles. The van der Waals surface area contributed by atoms with Gasteiger partial charge in [-0.2, -0.15) is 0 Å². The van der Waals surface area contributed by atoms with Crippen LogP contribution in [0.3, 0.4) is 0 Å². The molecule has 0 unspecified atom stereocenters. The van der Waals surface area contributed by atoms with Crippen molar-refractivity contribution in [2.75, 3.05) is 33.0 Å². The summed E-state index contributed by atoms with van der Waals surface area (Å²) in [5.74, 6) is 0.541. The van der Waals surface area contributed by atoms with Crippen LogP contribution in [0.1, 0.15) is 29.5 Å². The first-order chi connectivity index (χ1) is 8.34. The average Bonchev–Trinajstić information content (AvgIpc) is 2.80. The molecular weight excluding hydrogens is 238 g/mol. The second-order valence-electron chi connectivity index (χ2n) is 4.89. The fourth-order valence-electron chi connectivity index (χ4n) is 2.33. The molecule has 0 saturated carbocycles. The number of hydrogen-bond acceptors (Lipinski definition) is 5. The molecule has 2 aliphatic heterocycles. The quantitative estimate of drug-likeness (QED) is 0.884. The number of aliphatic hydroxyl groups is 1. The lowest BCUT2D eigenvalue weighted by atomic mass is 9.84. The molecule has 3 rings (SSSR count). The van der Waals surface area contributed by atoms with Gasteiger partial charge in [0.1, 0.15) is 0 Å². The molecule has 1 N–H and O–H groups in total. The Labute approximate surface area is 105 Å². The minimum atomic E-state index is -0.222. The van der Waals surface area contributed by atoms with E-state index in [1.165, 1.54) is 5.01 Å². The average molecular weight is 255 g/mol. The van der Waals surface area contributed by atoms with Gasteiger partial charge >= 0.3 is 0 Å². The van der Waals surface area contributed by atoms with Crippen LogP contribution in [0, 0.1) is 0 Å². The summed E-state index contributed by atoms with van der Waals surface area (Å²) < 4.78 is 10.6. The Morgan fingerprint density at radius 1 is 1.35 bits per heavy atom. The van der Waals surface area contributed by atoms with Gasteiger partial charge in [-0.3, -0.25) is 0 Å². The number of thiazole rings is 1. The molecule has 0 amide bonds. The highest BCUT2D eigenvalue weighted by Crippen LogP contribution is 2.36. The Kier molecular flexibility index (Phi) is 3.17. The predicted molar refractivity (Wildman–Crippen MR) is 64.5 cm³/mol. The highest BCUT2D eigenvalue weighted by Gasteiger charge is 2.42. The zero-order chi connectivity index (χ0) is 11.7. The van der Waals surface area contributed by atoms with E-state index in [-0.39, 0.29) is 12.0 Å². The van der Waals surface area contributed by atoms with E-state index in [4.69, 9.17) is 14.5 Å². The smallest absolute Gasteiger partial charge is 0.0961 e. The second-order valence-corrected chi connectivity index (χ2v) is 5.78. The van der Waals surface area contributed by atoms with Crippen molar-refractivity contribution in [3.05, 3.63) is 16.1 Å². The summed E-state index contributed by atoms with van der Waals surface area (Å²) in [5.41, 5.74) is 0.789. The van der Waals surface area contributed by atoms with Gasteiger partial charge in [-0.25, -0.2) is 4.98 Å². The number of ether oxygens (including phenoxy) is 2. The monoisotopic (exact) mass is 255 g/mol. The van der Waals surface area contributed by atoms with Gasteiger partial charge in [0, 0.05) is 24.5 Å². The van der Waals surface area contributed by atoms with E-state index in [0.29, 0.717) is 19.1 Å². The molecule has 0 bridgehead atoms. The van der Waals surface area contributed by atoms with Crippen LogP contribution in [-0.2, 0) is 14.9 Å². The second kappa shape index (κ2) is 4.65. The molecule has 17 heavy (non-hydrogen) atoms. The van der Waals surface area contributed by atoms with Crippen LogP contribution in [0.5, 0.6) is 0 Å². The summed E-state index contributed by atoms with van der Waals surface area (Å²) in [6.45, 7) is 3.01. The zero-order valence-electron chi connectivity index (χ0n) is 9.72. The minimum absolute atomic E-state index is 0.129. The Bertz CT molecular complexity index is 377. The van der Waals surface area contributed by atoms with E-state index < -0.39 is 0 Å². The minimum Gasteiger partial charge on any atom is -0.395 e. The van der Waals surface area contributed by atoms with Crippen molar-refractivity contribution >= 4 is 11.3 Å². The molecule has 4 nitrogen and oxygen atoms in total. The number of hydrogen-bond donors (Lipinski definition) is 1. The van der Waals surface area contributed by atoms with Gasteiger partial charge in [-0.1, -0.05) is 0 Å². The van der Waals surface area contributed by atoms with Crippen LogP contribution in [0.15, 0.2) is 5.38 Å². The third-order valence-corrected chi connectivity index (χ3v) is 4.70. The molecule has 1 aromatic rings. The maximum atomic E-state index is 9.47. The lowest BCUT2D eigenvalue weighted by molar-refractivity contribution is -0.0860. The Morgan fingerprint density at radius 3 is 2.71 bits per heavy atom. The van der Waals surface area contributed by atoms with Crippen molar-refractivity contribution in [2.45, 2.75) is 24.2 Å². The summed E-state index contributed by atoms with van der Waals surface area (Å²) in [7, 11) is 0. The van der Waals surface area contributed by atoms with Crippen LogP contribution in [0.2, 0.25) is 0 Å². The Balaban J connectivity index is 1.77. The SMILES string of the molecule is OCC1(c2csc(C3CCOCC3)n2)COC1. The highest BCUT2D eigenvalue weighted by molar-refractivity contribution is 7.09. The molecule has 3 heterocycles. The molecule has 1 aromatic heterocycles. The Morgan fingerprint density at radius 2 is 2.12 bits per heavy atom. The third-order valence-electron chi connectivity index (χ3n) is 3.70. The van der Waals surface area contributed by atoms with Gasteiger partial charge in [0.15, 0.2) is 0 Å². The van der Waals surface area contributed by atoms with Crippen LogP contribution in [-0.4, -0.2) is 43.1 Å². The molecule has 0 atom stereocenters. The van der Waals surface area contributed by atoms with Crippen LogP contribution >= 0.6 is 11.3 Å². The number of nitrogens with zero attached hydrogens (tertiary/aromatic N) is 1. The van der Waals surface area contributed by atoms with E-state index in [0.717, 1.165) is 31.7 Å². The fourth-order valence-corrected chi connectivity index (χ4v) is 3.45. The van der Waals surface area contributed by atoms with E-state index >= 15 is 0 Å². The standard InChI is InChI=1S/C12H17NO3S/c14-6-12(7-16-8-12)10-5-17-11(13-10)9-1-3-15-4-2-9/h5,9,14H,1-4,6-8H2. The first kappa shape index (κ1) is 11.6. The van der Waals surface area contributed by atoms with Crippen LogP contribution in [0.25, 0.3) is 0 Å².